The van der Waals surface area contributed by atoms with Crippen LogP contribution in [0.2, 0.25) is 0 Å². The second-order valence-electron chi connectivity index (χ2n) is 7.45. The minimum absolute atomic E-state index is 0.182. The van der Waals surface area contributed by atoms with Gasteiger partial charge in [0.15, 0.2) is 0 Å². The summed E-state index contributed by atoms with van der Waals surface area (Å²) in [5.41, 5.74) is 4.32. The molecule has 2 aliphatic rings. The Kier molecular flexibility index (Phi) is 5.34. The third-order valence-corrected chi connectivity index (χ3v) is 6.79. The predicted molar refractivity (Wildman–Crippen MR) is 104 cm³/mol. The van der Waals surface area contributed by atoms with Gasteiger partial charge >= 0.3 is 0 Å². The monoisotopic (exact) mass is 389 g/mol. The highest BCUT2D eigenvalue weighted by Crippen LogP contribution is 2.31. The van der Waals surface area contributed by atoms with Crippen LogP contribution in [0.5, 0.6) is 0 Å². The van der Waals surface area contributed by atoms with Crippen molar-refractivity contribution < 1.29 is 14.1 Å². The SMILES string of the molecule is CCC1COCCN1C(=O)c1csc2c1CCN(Cc1c(C)noc1C)C2. The molecule has 4 heterocycles. The van der Waals surface area contributed by atoms with Crippen LogP contribution in [-0.2, 0) is 24.2 Å². The molecule has 1 amide bonds. The Morgan fingerprint density at radius 3 is 2.96 bits per heavy atom. The van der Waals surface area contributed by atoms with Crippen molar-refractivity contribution in [1.29, 1.82) is 0 Å². The minimum atomic E-state index is 0.182. The normalized spacial score (nSPS) is 20.7. The van der Waals surface area contributed by atoms with Crippen molar-refractivity contribution in [3.63, 3.8) is 0 Å². The molecule has 1 fully saturated rings. The molecule has 2 aromatic heterocycles. The summed E-state index contributed by atoms with van der Waals surface area (Å²) in [4.78, 5) is 18.9. The summed E-state index contributed by atoms with van der Waals surface area (Å²) < 4.78 is 10.9. The van der Waals surface area contributed by atoms with E-state index in [1.165, 1.54) is 16.0 Å². The second kappa shape index (κ2) is 7.73. The molecule has 27 heavy (non-hydrogen) atoms. The number of rotatable bonds is 4. The van der Waals surface area contributed by atoms with Gasteiger partial charge in [-0.05, 0) is 32.3 Å². The van der Waals surface area contributed by atoms with Crippen LogP contribution in [0, 0.1) is 13.8 Å². The maximum atomic E-state index is 13.2. The Morgan fingerprint density at radius 2 is 2.22 bits per heavy atom. The number of fused-ring (bicyclic) bond motifs is 1. The molecular weight excluding hydrogens is 362 g/mol. The Balaban J connectivity index is 1.49. The van der Waals surface area contributed by atoms with Crippen molar-refractivity contribution in [2.24, 2.45) is 0 Å². The average Bonchev–Trinajstić information content (AvgIpc) is 3.25. The number of aromatic nitrogens is 1. The highest BCUT2D eigenvalue weighted by Gasteiger charge is 2.31. The number of nitrogens with zero attached hydrogens (tertiary/aromatic N) is 3. The lowest BCUT2D eigenvalue weighted by atomic mass is 10.0. The van der Waals surface area contributed by atoms with Crippen molar-refractivity contribution in [2.45, 2.75) is 52.7 Å². The Labute approximate surface area is 164 Å². The van der Waals surface area contributed by atoms with Crippen LogP contribution in [0.1, 0.15) is 51.2 Å². The van der Waals surface area contributed by atoms with Crippen LogP contribution in [0.25, 0.3) is 0 Å². The zero-order valence-electron chi connectivity index (χ0n) is 16.3. The summed E-state index contributed by atoms with van der Waals surface area (Å²) in [6.07, 6.45) is 1.85. The fraction of sp³-hybridized carbons (Fsp3) is 0.600. The molecule has 0 aliphatic carbocycles. The third-order valence-electron chi connectivity index (χ3n) is 5.78. The van der Waals surface area contributed by atoms with E-state index in [0.717, 1.165) is 49.5 Å². The van der Waals surface area contributed by atoms with Gasteiger partial charge in [0.1, 0.15) is 5.76 Å². The molecular formula is C20H27N3O3S. The lowest BCUT2D eigenvalue weighted by Gasteiger charge is -2.35. The zero-order valence-corrected chi connectivity index (χ0v) is 17.1. The summed E-state index contributed by atoms with van der Waals surface area (Å²) in [6.45, 7) is 10.8. The van der Waals surface area contributed by atoms with Crippen LogP contribution in [0.15, 0.2) is 9.90 Å². The standard InChI is InChI=1S/C20H27N3O3S/c1-4-15-11-25-8-7-23(15)20(24)18-12-27-19-10-22(6-5-16(18)19)9-17-13(2)21-26-14(17)3/h12,15H,4-11H2,1-3H3. The van der Waals surface area contributed by atoms with E-state index >= 15 is 0 Å². The number of aryl methyl sites for hydroxylation is 2. The van der Waals surface area contributed by atoms with Crippen molar-refractivity contribution >= 4 is 17.2 Å². The van der Waals surface area contributed by atoms with E-state index in [1.807, 2.05) is 18.7 Å². The lowest BCUT2D eigenvalue weighted by molar-refractivity contribution is -0.00285. The zero-order chi connectivity index (χ0) is 19.0. The highest BCUT2D eigenvalue weighted by atomic mass is 32.1. The maximum Gasteiger partial charge on any atom is 0.255 e. The molecule has 2 aliphatic heterocycles. The molecule has 0 spiro atoms. The van der Waals surface area contributed by atoms with E-state index in [-0.39, 0.29) is 11.9 Å². The molecule has 2 aromatic rings. The number of hydrogen-bond donors (Lipinski definition) is 0. The number of hydrogen-bond acceptors (Lipinski definition) is 6. The number of thiophene rings is 1. The van der Waals surface area contributed by atoms with Crippen molar-refractivity contribution in [3.8, 4) is 0 Å². The van der Waals surface area contributed by atoms with Crippen LogP contribution < -0.4 is 0 Å². The summed E-state index contributed by atoms with van der Waals surface area (Å²) in [5, 5.41) is 6.12. The van der Waals surface area contributed by atoms with Crippen molar-refractivity contribution in [1.82, 2.24) is 15.0 Å². The molecule has 1 unspecified atom stereocenters. The fourth-order valence-electron chi connectivity index (χ4n) is 4.06. The summed E-state index contributed by atoms with van der Waals surface area (Å²) in [6, 6.07) is 0.196. The first-order valence-electron chi connectivity index (χ1n) is 9.70. The first-order valence-corrected chi connectivity index (χ1v) is 10.6. The van der Waals surface area contributed by atoms with E-state index in [9.17, 15) is 4.79 Å². The van der Waals surface area contributed by atoms with E-state index in [2.05, 4.69) is 22.4 Å². The quantitative estimate of drug-likeness (QED) is 0.804. The van der Waals surface area contributed by atoms with Gasteiger partial charge in [-0.3, -0.25) is 9.69 Å². The second-order valence-corrected chi connectivity index (χ2v) is 8.41. The predicted octanol–water partition coefficient (Wildman–Crippen LogP) is 3.16. The fourth-order valence-corrected chi connectivity index (χ4v) is 5.18. The van der Waals surface area contributed by atoms with Gasteiger partial charge < -0.3 is 14.2 Å². The molecule has 0 aromatic carbocycles. The minimum Gasteiger partial charge on any atom is -0.377 e. The molecule has 146 valence electrons. The van der Waals surface area contributed by atoms with Crippen LogP contribution >= 0.6 is 11.3 Å². The van der Waals surface area contributed by atoms with Gasteiger partial charge in [-0.2, -0.15) is 0 Å². The van der Waals surface area contributed by atoms with Crippen LogP contribution in [0.3, 0.4) is 0 Å². The van der Waals surface area contributed by atoms with E-state index in [1.54, 1.807) is 11.3 Å². The topological polar surface area (TPSA) is 58.8 Å². The first kappa shape index (κ1) is 18.7. The van der Waals surface area contributed by atoms with Gasteiger partial charge in [-0.25, -0.2) is 0 Å². The van der Waals surface area contributed by atoms with Crippen molar-refractivity contribution in [3.05, 3.63) is 38.4 Å². The number of morpholine rings is 1. The van der Waals surface area contributed by atoms with Gasteiger partial charge in [0, 0.05) is 42.0 Å². The lowest BCUT2D eigenvalue weighted by Crippen LogP contribution is -2.48. The molecule has 0 saturated carbocycles. The molecule has 0 N–H and O–H groups in total. The van der Waals surface area contributed by atoms with Crippen LogP contribution in [0.4, 0.5) is 0 Å². The molecule has 0 radical (unpaired) electrons. The molecule has 1 atom stereocenters. The Hall–Kier alpha value is -1.70. The van der Waals surface area contributed by atoms with Gasteiger partial charge in [0.05, 0.1) is 30.5 Å². The average molecular weight is 390 g/mol. The van der Waals surface area contributed by atoms with Gasteiger partial charge in [0.25, 0.3) is 5.91 Å². The molecule has 4 rings (SSSR count). The number of carbonyl (C=O) groups excluding carboxylic acids is 1. The molecule has 7 heteroatoms. The Bertz CT molecular complexity index is 809. The molecule has 6 nitrogen and oxygen atoms in total. The largest absolute Gasteiger partial charge is 0.377 e. The number of ether oxygens (including phenoxy) is 1. The van der Waals surface area contributed by atoms with Crippen molar-refractivity contribution in [2.75, 3.05) is 26.3 Å². The van der Waals surface area contributed by atoms with Crippen LogP contribution in [-0.4, -0.2) is 53.2 Å². The first-order chi connectivity index (χ1) is 13.1. The number of amides is 1. The van der Waals surface area contributed by atoms with E-state index in [0.29, 0.717) is 19.8 Å². The molecule has 1 saturated heterocycles. The van der Waals surface area contributed by atoms with Gasteiger partial charge in [-0.1, -0.05) is 12.1 Å². The Morgan fingerprint density at radius 1 is 1.37 bits per heavy atom. The number of carbonyl (C=O) groups is 1. The molecule has 0 bridgehead atoms. The third kappa shape index (κ3) is 3.56. The maximum absolute atomic E-state index is 13.2. The summed E-state index contributed by atoms with van der Waals surface area (Å²) in [5.74, 6) is 1.08. The van der Waals surface area contributed by atoms with E-state index in [4.69, 9.17) is 9.26 Å². The highest BCUT2D eigenvalue weighted by molar-refractivity contribution is 7.10. The smallest absolute Gasteiger partial charge is 0.255 e. The van der Waals surface area contributed by atoms with Gasteiger partial charge in [-0.15, -0.1) is 11.3 Å². The van der Waals surface area contributed by atoms with E-state index < -0.39 is 0 Å². The van der Waals surface area contributed by atoms with Gasteiger partial charge in [0.2, 0.25) is 0 Å². The summed E-state index contributed by atoms with van der Waals surface area (Å²) >= 11 is 1.72. The summed E-state index contributed by atoms with van der Waals surface area (Å²) in [7, 11) is 0.